The predicted molar refractivity (Wildman–Crippen MR) is 151 cm³/mol. The smallest absolute Gasteiger partial charge is 0.266 e. The Morgan fingerprint density at radius 2 is 1.62 bits per heavy atom. The van der Waals surface area contributed by atoms with Crippen molar-refractivity contribution in [3.05, 3.63) is 106 Å². The minimum Gasteiger partial charge on any atom is -0.329 e. The van der Waals surface area contributed by atoms with Gasteiger partial charge in [-0.1, -0.05) is 68.7 Å². The molecule has 4 aromatic rings. The van der Waals surface area contributed by atoms with Crippen LogP contribution in [0.1, 0.15) is 79.8 Å². The molecule has 0 N–H and O–H groups in total. The van der Waals surface area contributed by atoms with E-state index in [-0.39, 0.29) is 11.5 Å². The second-order valence-electron chi connectivity index (χ2n) is 9.79. The number of fused-ring (bicyclic) bond motifs is 1. The summed E-state index contributed by atoms with van der Waals surface area (Å²) in [6.45, 7) is 8.81. The predicted octanol–water partition coefficient (Wildman–Crippen LogP) is 7.04. The van der Waals surface area contributed by atoms with Crippen LogP contribution in [0.2, 0.25) is 0 Å². The summed E-state index contributed by atoms with van der Waals surface area (Å²) in [5.41, 5.74) is 4.28. The topological polar surface area (TPSA) is 55.2 Å². The maximum Gasteiger partial charge on any atom is 0.266 e. The van der Waals surface area contributed by atoms with Gasteiger partial charge < -0.3 is 4.90 Å². The zero-order valence-electron chi connectivity index (χ0n) is 22.4. The lowest BCUT2D eigenvalue weighted by Gasteiger charge is -2.30. The Balaban J connectivity index is 1.75. The summed E-state index contributed by atoms with van der Waals surface area (Å²) in [5.74, 6) is 0.512. The van der Waals surface area contributed by atoms with Crippen LogP contribution in [0.25, 0.3) is 16.6 Å². The highest BCUT2D eigenvalue weighted by atomic mass is 16.2. The maximum absolute atomic E-state index is 13.8. The number of carbonyl (C=O) groups excluding carboxylic acids is 1. The number of nitrogens with zero attached hydrogens (tertiary/aromatic N) is 3. The average molecular weight is 496 g/mol. The Morgan fingerprint density at radius 3 is 2.30 bits per heavy atom. The van der Waals surface area contributed by atoms with Crippen LogP contribution in [-0.4, -0.2) is 26.9 Å². The molecule has 0 saturated carbocycles. The number of rotatable bonds is 10. The van der Waals surface area contributed by atoms with E-state index in [1.54, 1.807) is 10.6 Å². The van der Waals surface area contributed by atoms with Gasteiger partial charge in [0.2, 0.25) is 0 Å². The van der Waals surface area contributed by atoms with Crippen molar-refractivity contribution in [3.8, 4) is 5.69 Å². The van der Waals surface area contributed by atoms with Crippen LogP contribution < -0.4 is 5.56 Å². The van der Waals surface area contributed by atoms with Gasteiger partial charge in [-0.3, -0.25) is 14.2 Å². The fourth-order valence-corrected chi connectivity index (χ4v) is 4.78. The van der Waals surface area contributed by atoms with E-state index in [9.17, 15) is 9.59 Å². The van der Waals surface area contributed by atoms with Crippen molar-refractivity contribution in [1.29, 1.82) is 0 Å². The van der Waals surface area contributed by atoms with Crippen molar-refractivity contribution < 1.29 is 4.79 Å². The first-order chi connectivity index (χ1) is 17.9. The van der Waals surface area contributed by atoms with Crippen LogP contribution in [0.15, 0.2) is 77.6 Å². The van der Waals surface area contributed by atoms with E-state index in [1.807, 2.05) is 73.3 Å². The third-order valence-corrected chi connectivity index (χ3v) is 6.93. The van der Waals surface area contributed by atoms with E-state index >= 15 is 0 Å². The number of unbranched alkanes of at least 4 members (excludes halogenated alkanes) is 2. The van der Waals surface area contributed by atoms with Crippen molar-refractivity contribution >= 4 is 16.8 Å². The summed E-state index contributed by atoms with van der Waals surface area (Å²) in [4.78, 5) is 34.3. The van der Waals surface area contributed by atoms with Crippen LogP contribution in [0.4, 0.5) is 0 Å². The number of benzene rings is 3. The highest BCUT2D eigenvalue weighted by Gasteiger charge is 2.27. The molecule has 5 heteroatoms. The molecule has 4 rings (SSSR count). The Labute approximate surface area is 219 Å². The molecule has 1 aromatic heterocycles. The van der Waals surface area contributed by atoms with E-state index in [2.05, 4.69) is 26.0 Å². The first kappa shape index (κ1) is 26.3. The lowest BCUT2D eigenvalue weighted by Crippen LogP contribution is -2.38. The normalized spacial score (nSPS) is 12.0. The van der Waals surface area contributed by atoms with Crippen molar-refractivity contribution in [2.45, 2.75) is 65.8 Å². The second kappa shape index (κ2) is 12.0. The Hall–Kier alpha value is -3.73. The van der Waals surface area contributed by atoms with E-state index in [0.29, 0.717) is 28.8 Å². The number of amides is 1. The molecule has 0 aliphatic carbocycles. The lowest BCUT2D eigenvalue weighted by molar-refractivity contribution is 0.0681. The molecule has 1 atom stereocenters. The second-order valence-corrected chi connectivity index (χ2v) is 9.79. The van der Waals surface area contributed by atoms with Crippen molar-refractivity contribution in [3.63, 3.8) is 0 Å². The Bertz CT molecular complexity index is 1410. The van der Waals surface area contributed by atoms with Gasteiger partial charge in [-0.15, -0.1) is 0 Å². The molecule has 37 heavy (non-hydrogen) atoms. The van der Waals surface area contributed by atoms with E-state index in [4.69, 9.17) is 4.98 Å². The van der Waals surface area contributed by atoms with Gasteiger partial charge in [-0.25, -0.2) is 4.98 Å². The molecule has 0 bridgehead atoms. The summed E-state index contributed by atoms with van der Waals surface area (Å²) >= 11 is 0. The Morgan fingerprint density at radius 1 is 0.919 bits per heavy atom. The van der Waals surface area contributed by atoms with Gasteiger partial charge in [0.15, 0.2) is 0 Å². The largest absolute Gasteiger partial charge is 0.329 e. The van der Waals surface area contributed by atoms with Crippen LogP contribution in [0.3, 0.4) is 0 Å². The fraction of sp³-hybridized carbons (Fsp3) is 0.344. The zero-order valence-corrected chi connectivity index (χ0v) is 22.4. The molecule has 5 nitrogen and oxygen atoms in total. The molecular weight excluding hydrogens is 458 g/mol. The molecule has 1 heterocycles. The van der Waals surface area contributed by atoms with Crippen LogP contribution in [0, 0.1) is 6.92 Å². The monoisotopic (exact) mass is 495 g/mol. The molecule has 0 radical (unpaired) electrons. The van der Waals surface area contributed by atoms with E-state index < -0.39 is 6.04 Å². The third kappa shape index (κ3) is 5.82. The molecule has 0 aliphatic heterocycles. The van der Waals surface area contributed by atoms with Gasteiger partial charge in [-0.2, -0.15) is 0 Å². The highest BCUT2D eigenvalue weighted by molar-refractivity contribution is 5.94. The molecular formula is C32H37N3O2. The average Bonchev–Trinajstić information content (AvgIpc) is 2.92. The molecule has 1 amide bonds. The minimum absolute atomic E-state index is 0.0488. The number of aryl methyl sites for hydroxylation is 2. The maximum atomic E-state index is 13.8. The molecule has 0 fully saturated rings. The number of carbonyl (C=O) groups is 1. The van der Waals surface area contributed by atoms with Gasteiger partial charge in [0.25, 0.3) is 11.5 Å². The Kier molecular flexibility index (Phi) is 8.54. The molecule has 1 unspecified atom stereocenters. The number of hydrogen-bond donors (Lipinski definition) is 0. The summed E-state index contributed by atoms with van der Waals surface area (Å²) in [5, 5.41) is 0.561. The lowest BCUT2D eigenvalue weighted by atomic mass is 10.0. The third-order valence-electron chi connectivity index (χ3n) is 6.93. The van der Waals surface area contributed by atoms with Crippen LogP contribution >= 0.6 is 0 Å². The number of aromatic nitrogens is 2. The van der Waals surface area contributed by atoms with Crippen molar-refractivity contribution in [2.75, 3.05) is 6.54 Å². The first-order valence-electron chi connectivity index (χ1n) is 13.4. The molecule has 0 spiro atoms. The van der Waals surface area contributed by atoms with E-state index in [0.717, 1.165) is 30.5 Å². The fourth-order valence-electron chi connectivity index (χ4n) is 4.78. The quantitative estimate of drug-likeness (QED) is 0.222. The number of para-hydroxylation sites is 1. The van der Waals surface area contributed by atoms with Gasteiger partial charge in [0.1, 0.15) is 5.82 Å². The standard InChI is InChI=1S/C32H37N3O2/c1-5-7-8-11-25-16-18-26(19-17-25)31(36)34(22-6-2)24(4)30-33-29-13-10-9-12-28(29)32(37)35(30)27-20-14-23(3)15-21-27/h9-10,12-21,24H,5-8,11,22H2,1-4H3. The van der Waals surface area contributed by atoms with Gasteiger partial charge in [0.05, 0.1) is 22.6 Å². The minimum atomic E-state index is -0.407. The van der Waals surface area contributed by atoms with Gasteiger partial charge >= 0.3 is 0 Å². The van der Waals surface area contributed by atoms with Crippen LogP contribution in [-0.2, 0) is 6.42 Å². The highest BCUT2D eigenvalue weighted by Crippen LogP contribution is 2.25. The number of hydrogen-bond acceptors (Lipinski definition) is 3. The first-order valence-corrected chi connectivity index (χ1v) is 13.4. The van der Waals surface area contributed by atoms with Crippen LogP contribution in [0.5, 0.6) is 0 Å². The van der Waals surface area contributed by atoms with E-state index in [1.165, 1.54) is 18.4 Å². The molecule has 0 saturated heterocycles. The SMILES string of the molecule is CCCCCc1ccc(C(=O)N(CCC)C(C)c2nc3ccccc3c(=O)n2-c2ccc(C)cc2)cc1. The van der Waals surface area contributed by atoms with Gasteiger partial charge in [0, 0.05) is 12.1 Å². The van der Waals surface area contributed by atoms with Crippen molar-refractivity contribution in [2.24, 2.45) is 0 Å². The molecule has 0 aliphatic rings. The van der Waals surface area contributed by atoms with Crippen molar-refractivity contribution in [1.82, 2.24) is 14.5 Å². The summed E-state index contributed by atoms with van der Waals surface area (Å²) < 4.78 is 1.67. The molecule has 192 valence electrons. The summed E-state index contributed by atoms with van der Waals surface area (Å²) in [6, 6.07) is 22.8. The van der Waals surface area contributed by atoms with Gasteiger partial charge in [-0.05, 0) is 75.1 Å². The molecule has 3 aromatic carbocycles. The zero-order chi connectivity index (χ0) is 26.4. The summed E-state index contributed by atoms with van der Waals surface area (Å²) in [7, 11) is 0. The summed E-state index contributed by atoms with van der Waals surface area (Å²) in [6.07, 6.45) is 5.39.